The summed E-state index contributed by atoms with van der Waals surface area (Å²) in [5, 5.41) is 3.25. The van der Waals surface area contributed by atoms with Crippen molar-refractivity contribution >= 4 is 39.1 Å². The third kappa shape index (κ3) is 5.10. The molecule has 1 saturated heterocycles. The molecule has 0 saturated carbocycles. The first-order chi connectivity index (χ1) is 12.1. The first kappa shape index (κ1) is 21.4. The van der Waals surface area contributed by atoms with Gasteiger partial charge < -0.3 is 10.2 Å². The fraction of sp³-hybridized carbons (Fsp3) is 0.588. The molecule has 0 aromatic heterocycles. The van der Waals surface area contributed by atoms with Gasteiger partial charge in [0.05, 0.1) is 36.2 Å². The summed E-state index contributed by atoms with van der Waals surface area (Å²) in [5.74, 6) is 0.369. The molecular formula is C17H26Cl2N3O3S+. The molecule has 6 nitrogen and oxygen atoms in total. The van der Waals surface area contributed by atoms with E-state index in [1.165, 1.54) is 10.4 Å². The van der Waals surface area contributed by atoms with Crippen LogP contribution < -0.4 is 10.2 Å². The summed E-state index contributed by atoms with van der Waals surface area (Å²) in [6.07, 6.45) is 0. The van der Waals surface area contributed by atoms with E-state index in [9.17, 15) is 13.2 Å². The van der Waals surface area contributed by atoms with Gasteiger partial charge in [-0.3, -0.25) is 4.79 Å². The second-order valence-electron chi connectivity index (χ2n) is 6.98. The van der Waals surface area contributed by atoms with E-state index in [1.807, 2.05) is 6.92 Å². The number of hydrogen-bond acceptors (Lipinski definition) is 3. The molecule has 0 aliphatic carbocycles. The number of quaternary nitrogens is 1. The molecule has 1 heterocycles. The Hall–Kier alpha value is -0.860. The highest BCUT2D eigenvalue weighted by atomic mass is 35.5. The van der Waals surface area contributed by atoms with Crippen molar-refractivity contribution in [3.8, 4) is 0 Å². The number of halogens is 2. The van der Waals surface area contributed by atoms with Gasteiger partial charge in [-0.15, -0.1) is 0 Å². The largest absolute Gasteiger partial charge is 0.348 e. The van der Waals surface area contributed by atoms with Crippen LogP contribution in [0.15, 0.2) is 23.1 Å². The average molecular weight is 423 g/mol. The predicted molar refractivity (Wildman–Crippen MR) is 103 cm³/mol. The maximum Gasteiger partial charge on any atom is 0.275 e. The Morgan fingerprint density at radius 1 is 1.23 bits per heavy atom. The smallest absolute Gasteiger partial charge is 0.275 e. The van der Waals surface area contributed by atoms with E-state index in [1.54, 1.807) is 12.1 Å². The standard InChI is InChI=1S/C17H25Cl2N3O3S/c1-12(2)13(3)20-16(23)11-21-7-9-22(10-8-21)26(24,25)15-6-4-5-14(18)17(15)19/h4-6,12-13H,7-11H2,1-3H3,(H,20,23)/p+1/t13-/m0/s1. The lowest BCUT2D eigenvalue weighted by atomic mass is 10.1. The van der Waals surface area contributed by atoms with Gasteiger partial charge >= 0.3 is 0 Å². The zero-order valence-corrected chi connectivity index (χ0v) is 17.6. The van der Waals surface area contributed by atoms with Crippen LogP contribution in [-0.2, 0) is 14.8 Å². The molecule has 2 N–H and O–H groups in total. The van der Waals surface area contributed by atoms with E-state index < -0.39 is 10.0 Å². The number of carbonyl (C=O) groups excluding carboxylic acids is 1. The first-order valence-electron chi connectivity index (χ1n) is 8.70. The minimum absolute atomic E-state index is 0.00427. The fourth-order valence-corrected chi connectivity index (χ4v) is 4.92. The first-order valence-corrected chi connectivity index (χ1v) is 10.9. The van der Waals surface area contributed by atoms with Crippen molar-refractivity contribution in [2.45, 2.75) is 31.7 Å². The van der Waals surface area contributed by atoms with Crippen LogP contribution in [0.1, 0.15) is 20.8 Å². The molecule has 1 aromatic carbocycles. The Morgan fingerprint density at radius 2 is 1.85 bits per heavy atom. The number of benzene rings is 1. The molecule has 1 amide bonds. The molecule has 0 unspecified atom stereocenters. The number of piperazine rings is 1. The molecule has 1 atom stereocenters. The molecular weight excluding hydrogens is 397 g/mol. The van der Waals surface area contributed by atoms with Gasteiger partial charge in [-0.25, -0.2) is 8.42 Å². The maximum absolute atomic E-state index is 12.8. The van der Waals surface area contributed by atoms with Crippen LogP contribution in [-0.4, -0.2) is 57.4 Å². The van der Waals surface area contributed by atoms with Crippen LogP contribution in [0.5, 0.6) is 0 Å². The van der Waals surface area contributed by atoms with Gasteiger partial charge in [0.2, 0.25) is 10.0 Å². The summed E-state index contributed by atoms with van der Waals surface area (Å²) < 4.78 is 27.0. The van der Waals surface area contributed by atoms with Crippen LogP contribution >= 0.6 is 23.2 Å². The van der Waals surface area contributed by atoms with E-state index >= 15 is 0 Å². The number of nitrogens with zero attached hydrogens (tertiary/aromatic N) is 1. The SMILES string of the molecule is CC(C)[C@H](C)NC(=O)C[NH+]1CCN(S(=O)(=O)c2cccc(Cl)c2Cl)CC1. The topological polar surface area (TPSA) is 70.9 Å². The normalized spacial score (nSPS) is 18.1. The van der Waals surface area contributed by atoms with E-state index in [0.29, 0.717) is 38.6 Å². The Morgan fingerprint density at radius 3 is 2.42 bits per heavy atom. The number of hydrogen-bond donors (Lipinski definition) is 2. The average Bonchev–Trinajstić information content (AvgIpc) is 2.57. The van der Waals surface area contributed by atoms with Gasteiger partial charge in [-0.2, -0.15) is 4.31 Å². The summed E-state index contributed by atoms with van der Waals surface area (Å²) in [6, 6.07) is 4.71. The molecule has 0 radical (unpaired) electrons. The Balaban J connectivity index is 1.95. The minimum atomic E-state index is -3.69. The van der Waals surface area contributed by atoms with E-state index in [4.69, 9.17) is 23.2 Å². The lowest BCUT2D eigenvalue weighted by Gasteiger charge is -2.31. The fourth-order valence-electron chi connectivity index (χ4n) is 2.74. The number of amides is 1. The summed E-state index contributed by atoms with van der Waals surface area (Å²) in [4.78, 5) is 13.2. The third-order valence-corrected chi connectivity index (χ3v) is 7.63. The molecule has 1 fully saturated rings. The molecule has 0 bridgehead atoms. The Kier molecular flexibility index (Phi) is 7.33. The summed E-state index contributed by atoms with van der Waals surface area (Å²) >= 11 is 12.0. The molecule has 1 aliphatic heterocycles. The highest BCUT2D eigenvalue weighted by molar-refractivity contribution is 7.89. The highest BCUT2D eigenvalue weighted by Crippen LogP contribution is 2.30. The van der Waals surface area contributed by atoms with E-state index in [2.05, 4.69) is 19.2 Å². The lowest BCUT2D eigenvalue weighted by Crippen LogP contribution is -3.15. The van der Waals surface area contributed by atoms with Gasteiger partial charge in [0.15, 0.2) is 6.54 Å². The van der Waals surface area contributed by atoms with Gasteiger partial charge in [0, 0.05) is 6.04 Å². The van der Waals surface area contributed by atoms with Crippen LogP contribution in [0.3, 0.4) is 0 Å². The summed E-state index contributed by atoms with van der Waals surface area (Å²) in [6.45, 7) is 8.27. The zero-order chi connectivity index (χ0) is 19.5. The van der Waals surface area contributed by atoms with E-state index in [0.717, 1.165) is 4.90 Å². The van der Waals surface area contributed by atoms with Crippen molar-refractivity contribution in [1.29, 1.82) is 0 Å². The van der Waals surface area contributed by atoms with Gasteiger partial charge in [0.25, 0.3) is 5.91 Å². The van der Waals surface area contributed by atoms with Crippen molar-refractivity contribution < 1.29 is 18.1 Å². The molecule has 26 heavy (non-hydrogen) atoms. The number of rotatable bonds is 6. The third-order valence-electron chi connectivity index (χ3n) is 4.76. The van der Waals surface area contributed by atoms with E-state index in [-0.39, 0.29) is 26.9 Å². The monoisotopic (exact) mass is 422 g/mol. The lowest BCUT2D eigenvalue weighted by molar-refractivity contribution is -0.895. The van der Waals surface area contributed by atoms with Crippen molar-refractivity contribution in [1.82, 2.24) is 9.62 Å². The van der Waals surface area contributed by atoms with Gasteiger partial charge in [-0.1, -0.05) is 43.1 Å². The quantitative estimate of drug-likeness (QED) is 0.719. The number of nitrogens with one attached hydrogen (secondary N) is 2. The van der Waals surface area contributed by atoms with Gasteiger partial charge in [-0.05, 0) is 25.0 Å². The Labute approximate surface area is 165 Å². The van der Waals surface area contributed by atoms with Crippen molar-refractivity contribution in [3.63, 3.8) is 0 Å². The second kappa shape index (κ2) is 8.89. The van der Waals surface area contributed by atoms with Crippen LogP contribution in [0, 0.1) is 5.92 Å². The molecule has 9 heteroatoms. The van der Waals surface area contributed by atoms with Gasteiger partial charge in [0.1, 0.15) is 4.90 Å². The van der Waals surface area contributed by atoms with Crippen LogP contribution in [0.2, 0.25) is 10.0 Å². The minimum Gasteiger partial charge on any atom is -0.348 e. The molecule has 146 valence electrons. The second-order valence-corrected chi connectivity index (χ2v) is 9.67. The van der Waals surface area contributed by atoms with Crippen LogP contribution in [0.4, 0.5) is 0 Å². The molecule has 1 aliphatic rings. The van der Waals surface area contributed by atoms with Crippen molar-refractivity contribution in [2.24, 2.45) is 5.92 Å². The Bertz CT molecular complexity index is 748. The van der Waals surface area contributed by atoms with Crippen molar-refractivity contribution in [2.75, 3.05) is 32.7 Å². The molecule has 0 spiro atoms. The number of carbonyl (C=O) groups is 1. The van der Waals surface area contributed by atoms with Crippen molar-refractivity contribution in [3.05, 3.63) is 28.2 Å². The highest BCUT2D eigenvalue weighted by Gasteiger charge is 2.33. The zero-order valence-electron chi connectivity index (χ0n) is 15.3. The number of sulfonamides is 1. The summed E-state index contributed by atoms with van der Waals surface area (Å²) in [7, 11) is -3.69. The predicted octanol–water partition coefficient (Wildman–Crippen LogP) is 1.04. The molecule has 2 rings (SSSR count). The van der Waals surface area contributed by atoms with Crippen LogP contribution in [0.25, 0.3) is 0 Å². The maximum atomic E-state index is 12.8. The summed E-state index contributed by atoms with van der Waals surface area (Å²) in [5.41, 5.74) is 0. The molecule has 1 aromatic rings.